The van der Waals surface area contributed by atoms with Crippen LogP contribution in [-0.2, 0) is 0 Å². The molecule has 3 rings (SSSR count). The van der Waals surface area contributed by atoms with E-state index in [1.807, 2.05) is 30.3 Å². The summed E-state index contributed by atoms with van der Waals surface area (Å²) in [6.45, 7) is 1.64. The molecule has 0 spiro atoms. The molecule has 0 radical (unpaired) electrons. The Morgan fingerprint density at radius 2 is 1.87 bits per heavy atom. The van der Waals surface area contributed by atoms with Crippen LogP contribution in [0.2, 0.25) is 0 Å². The van der Waals surface area contributed by atoms with Crippen molar-refractivity contribution in [3.8, 4) is 0 Å². The van der Waals surface area contributed by atoms with E-state index >= 15 is 0 Å². The molecule has 0 unspecified atom stereocenters. The summed E-state index contributed by atoms with van der Waals surface area (Å²) < 4.78 is 0. The first-order valence-electron chi connectivity index (χ1n) is 7.67. The van der Waals surface area contributed by atoms with Gasteiger partial charge in [-0.15, -0.1) is 0 Å². The molecular formula is C18H18N2O3. The molecule has 23 heavy (non-hydrogen) atoms. The SMILES string of the molecule is Cc1cccc(C(=O)N[C@@H](c2ccccc2)C2CC2)c1[N+](=O)[O-]. The van der Waals surface area contributed by atoms with E-state index in [4.69, 9.17) is 0 Å². The normalized spacial score (nSPS) is 15.0. The van der Waals surface area contributed by atoms with Gasteiger partial charge in [0.25, 0.3) is 11.6 Å². The van der Waals surface area contributed by atoms with Gasteiger partial charge in [-0.1, -0.05) is 42.5 Å². The molecule has 1 N–H and O–H groups in total. The lowest BCUT2D eigenvalue weighted by molar-refractivity contribution is -0.385. The van der Waals surface area contributed by atoms with Gasteiger partial charge in [-0.25, -0.2) is 0 Å². The minimum Gasteiger partial charge on any atom is -0.345 e. The Morgan fingerprint density at radius 3 is 2.48 bits per heavy atom. The number of hydrogen-bond acceptors (Lipinski definition) is 3. The number of rotatable bonds is 5. The molecule has 0 aliphatic heterocycles. The largest absolute Gasteiger partial charge is 0.345 e. The van der Waals surface area contributed by atoms with Gasteiger partial charge in [-0.3, -0.25) is 14.9 Å². The van der Waals surface area contributed by atoms with Crippen LogP contribution in [0.5, 0.6) is 0 Å². The van der Waals surface area contributed by atoms with Crippen LogP contribution in [-0.4, -0.2) is 10.8 Å². The van der Waals surface area contributed by atoms with Crippen LogP contribution in [0.1, 0.15) is 40.4 Å². The molecule has 1 fully saturated rings. The number of aryl methyl sites for hydroxylation is 1. The van der Waals surface area contributed by atoms with E-state index < -0.39 is 4.92 Å². The van der Waals surface area contributed by atoms with Crippen molar-refractivity contribution in [1.82, 2.24) is 5.32 Å². The highest BCUT2D eigenvalue weighted by Crippen LogP contribution is 2.41. The molecule has 2 aromatic rings. The van der Waals surface area contributed by atoms with Gasteiger partial charge in [-0.2, -0.15) is 0 Å². The van der Waals surface area contributed by atoms with E-state index in [1.165, 1.54) is 6.07 Å². The van der Waals surface area contributed by atoms with Gasteiger partial charge in [0, 0.05) is 5.56 Å². The summed E-state index contributed by atoms with van der Waals surface area (Å²) in [5.41, 5.74) is 1.54. The molecule has 1 saturated carbocycles. The number of amides is 1. The number of nitrogens with zero attached hydrogens (tertiary/aromatic N) is 1. The van der Waals surface area contributed by atoms with E-state index in [0.29, 0.717) is 11.5 Å². The van der Waals surface area contributed by atoms with E-state index in [1.54, 1.807) is 19.1 Å². The number of hydrogen-bond donors (Lipinski definition) is 1. The topological polar surface area (TPSA) is 72.2 Å². The van der Waals surface area contributed by atoms with Gasteiger partial charge >= 0.3 is 0 Å². The molecule has 0 saturated heterocycles. The standard InChI is InChI=1S/C18H18N2O3/c1-12-6-5-9-15(17(12)20(22)23)18(21)19-16(14-10-11-14)13-7-3-2-4-8-13/h2-9,14,16H,10-11H2,1H3,(H,19,21)/t16-/m0/s1. The molecular weight excluding hydrogens is 292 g/mol. The Hall–Kier alpha value is -2.69. The number of carbonyl (C=O) groups excluding carboxylic acids is 1. The van der Waals surface area contributed by atoms with E-state index in [-0.39, 0.29) is 23.2 Å². The second-order valence-electron chi connectivity index (χ2n) is 5.93. The smallest absolute Gasteiger partial charge is 0.285 e. The van der Waals surface area contributed by atoms with Crippen molar-refractivity contribution in [2.45, 2.75) is 25.8 Å². The molecule has 118 valence electrons. The monoisotopic (exact) mass is 310 g/mol. The van der Waals surface area contributed by atoms with Crippen LogP contribution >= 0.6 is 0 Å². The zero-order chi connectivity index (χ0) is 16.4. The Bertz CT molecular complexity index is 739. The number of benzene rings is 2. The molecule has 2 aromatic carbocycles. The first-order valence-corrected chi connectivity index (χ1v) is 7.67. The highest BCUT2D eigenvalue weighted by atomic mass is 16.6. The van der Waals surface area contributed by atoms with Crippen LogP contribution in [0.15, 0.2) is 48.5 Å². The lowest BCUT2D eigenvalue weighted by Gasteiger charge is -2.19. The predicted molar refractivity (Wildman–Crippen MR) is 87.2 cm³/mol. The van der Waals surface area contributed by atoms with Crippen LogP contribution in [0.25, 0.3) is 0 Å². The van der Waals surface area contributed by atoms with Crippen molar-refractivity contribution >= 4 is 11.6 Å². The zero-order valence-corrected chi connectivity index (χ0v) is 12.9. The lowest BCUT2D eigenvalue weighted by Crippen LogP contribution is -2.30. The van der Waals surface area contributed by atoms with Gasteiger partial charge in [0.05, 0.1) is 11.0 Å². The van der Waals surface area contributed by atoms with E-state index in [9.17, 15) is 14.9 Å². The Labute approximate surface area is 134 Å². The van der Waals surface area contributed by atoms with Gasteiger partial charge in [-0.05, 0) is 37.3 Å². The maximum atomic E-state index is 12.6. The van der Waals surface area contributed by atoms with E-state index in [2.05, 4.69) is 5.32 Å². The molecule has 0 bridgehead atoms. The summed E-state index contributed by atoms with van der Waals surface area (Å²) in [6.07, 6.45) is 2.13. The maximum absolute atomic E-state index is 12.6. The van der Waals surface area contributed by atoms with Crippen molar-refractivity contribution < 1.29 is 9.72 Å². The average molecular weight is 310 g/mol. The number of nitrogens with one attached hydrogen (secondary N) is 1. The first kappa shape index (κ1) is 15.2. The third kappa shape index (κ3) is 3.23. The number of nitro groups is 1. The minimum absolute atomic E-state index is 0.0937. The van der Waals surface area contributed by atoms with Crippen LogP contribution in [0, 0.1) is 23.0 Å². The molecule has 5 heteroatoms. The quantitative estimate of drug-likeness (QED) is 0.674. The van der Waals surface area contributed by atoms with Gasteiger partial charge in [0.15, 0.2) is 0 Å². The fourth-order valence-corrected chi connectivity index (χ4v) is 2.87. The number of carbonyl (C=O) groups is 1. The summed E-state index contributed by atoms with van der Waals surface area (Å²) in [7, 11) is 0. The molecule has 0 aromatic heterocycles. The molecule has 1 aliphatic rings. The number of nitro benzene ring substituents is 1. The highest BCUT2D eigenvalue weighted by molar-refractivity contribution is 5.98. The van der Waals surface area contributed by atoms with Crippen molar-refractivity contribution in [1.29, 1.82) is 0 Å². The molecule has 1 atom stereocenters. The van der Waals surface area contributed by atoms with Crippen molar-refractivity contribution in [2.75, 3.05) is 0 Å². The number of para-hydroxylation sites is 1. The van der Waals surface area contributed by atoms with E-state index in [0.717, 1.165) is 18.4 Å². The Morgan fingerprint density at radius 1 is 1.17 bits per heavy atom. The Kier molecular flexibility index (Phi) is 4.10. The molecule has 5 nitrogen and oxygen atoms in total. The van der Waals surface area contributed by atoms with Crippen LogP contribution in [0.4, 0.5) is 5.69 Å². The average Bonchev–Trinajstić information content (AvgIpc) is 3.37. The highest BCUT2D eigenvalue weighted by Gasteiger charge is 2.34. The summed E-state index contributed by atoms with van der Waals surface area (Å²) in [4.78, 5) is 23.4. The van der Waals surface area contributed by atoms with Gasteiger partial charge in [0.1, 0.15) is 5.56 Å². The van der Waals surface area contributed by atoms with Gasteiger partial charge in [0.2, 0.25) is 0 Å². The summed E-state index contributed by atoms with van der Waals surface area (Å²) in [6, 6.07) is 14.5. The molecule has 1 aliphatic carbocycles. The third-order valence-corrected chi connectivity index (χ3v) is 4.20. The fraction of sp³-hybridized carbons (Fsp3) is 0.278. The fourth-order valence-electron chi connectivity index (χ4n) is 2.87. The van der Waals surface area contributed by atoms with Crippen molar-refractivity contribution in [3.63, 3.8) is 0 Å². The first-order chi connectivity index (χ1) is 11.1. The predicted octanol–water partition coefficient (Wildman–Crippen LogP) is 3.78. The third-order valence-electron chi connectivity index (χ3n) is 4.20. The van der Waals surface area contributed by atoms with Crippen LogP contribution in [0.3, 0.4) is 0 Å². The maximum Gasteiger partial charge on any atom is 0.285 e. The van der Waals surface area contributed by atoms with Gasteiger partial charge < -0.3 is 5.32 Å². The lowest BCUT2D eigenvalue weighted by atomic mass is 10.0. The molecule has 0 heterocycles. The summed E-state index contributed by atoms with van der Waals surface area (Å²) in [5, 5.41) is 14.3. The molecule has 1 amide bonds. The Balaban J connectivity index is 1.89. The van der Waals surface area contributed by atoms with Crippen molar-refractivity contribution in [2.24, 2.45) is 5.92 Å². The van der Waals surface area contributed by atoms with Crippen LogP contribution < -0.4 is 5.32 Å². The minimum atomic E-state index is -0.487. The summed E-state index contributed by atoms with van der Waals surface area (Å²) in [5.74, 6) is 0.0198. The van der Waals surface area contributed by atoms with Crippen molar-refractivity contribution in [3.05, 3.63) is 75.3 Å². The second kappa shape index (κ2) is 6.20. The zero-order valence-electron chi connectivity index (χ0n) is 12.9. The second-order valence-corrected chi connectivity index (χ2v) is 5.93. The summed E-state index contributed by atoms with van der Waals surface area (Å²) >= 11 is 0.